The van der Waals surface area contributed by atoms with Crippen LogP contribution >= 0.6 is 0 Å². The first-order valence-corrected chi connectivity index (χ1v) is 10.2. The molecule has 0 aromatic heterocycles. The first kappa shape index (κ1) is 30.1. The Bertz CT molecular complexity index is 797. The summed E-state index contributed by atoms with van der Waals surface area (Å²) in [6, 6.07) is -5.37. The van der Waals surface area contributed by atoms with Crippen LogP contribution in [-0.4, -0.2) is 82.5 Å². The van der Waals surface area contributed by atoms with Crippen molar-refractivity contribution in [1.29, 1.82) is 0 Å². The van der Waals surface area contributed by atoms with E-state index in [9.17, 15) is 28.8 Å². The van der Waals surface area contributed by atoms with Gasteiger partial charge in [0.2, 0.25) is 23.6 Å². The number of aliphatic imine (C=N–C) groups is 1. The topological polar surface area (TPSA) is 295 Å². The Hall–Kier alpha value is -3.95. The summed E-state index contributed by atoms with van der Waals surface area (Å²) in [5, 5.41) is 24.7. The van der Waals surface area contributed by atoms with Gasteiger partial charge in [-0.1, -0.05) is 0 Å². The van der Waals surface area contributed by atoms with Crippen molar-refractivity contribution in [3.05, 3.63) is 0 Å². The second-order valence-corrected chi connectivity index (χ2v) is 7.36. The number of aliphatic carboxylic acids is 2. The molecule has 0 rings (SSSR count). The monoisotopic (exact) mass is 488 g/mol. The first-order chi connectivity index (χ1) is 15.7. The van der Waals surface area contributed by atoms with Gasteiger partial charge < -0.3 is 49.1 Å². The maximum absolute atomic E-state index is 12.8. The number of hydrogen-bond acceptors (Lipinski definition) is 8. The van der Waals surface area contributed by atoms with E-state index in [1.54, 1.807) is 0 Å². The SMILES string of the molecule is CC(N)C(=O)NC(CCCN=C(N)N)C(=O)NC(CCC(N)=O)C(=O)NC(CC(=O)O)C(=O)O. The Morgan fingerprint density at radius 3 is 1.76 bits per heavy atom. The fraction of sp³-hybridized carbons (Fsp3) is 0.611. The van der Waals surface area contributed by atoms with Crippen LogP contribution in [0.15, 0.2) is 4.99 Å². The quantitative estimate of drug-likeness (QED) is 0.0568. The maximum Gasteiger partial charge on any atom is 0.326 e. The van der Waals surface area contributed by atoms with Crippen molar-refractivity contribution < 1.29 is 39.0 Å². The third kappa shape index (κ3) is 12.8. The number of carbonyl (C=O) groups is 6. The van der Waals surface area contributed by atoms with Gasteiger partial charge in [-0.2, -0.15) is 0 Å². The van der Waals surface area contributed by atoms with Crippen molar-refractivity contribution in [1.82, 2.24) is 16.0 Å². The van der Waals surface area contributed by atoms with Crippen molar-refractivity contribution in [2.24, 2.45) is 27.9 Å². The maximum atomic E-state index is 12.8. The van der Waals surface area contributed by atoms with Crippen LogP contribution in [0.1, 0.15) is 39.0 Å². The molecule has 0 aliphatic heterocycles. The third-order valence-corrected chi connectivity index (χ3v) is 4.30. The number of amides is 4. The minimum atomic E-state index is -1.79. The molecule has 0 saturated carbocycles. The van der Waals surface area contributed by atoms with Crippen molar-refractivity contribution in [3.63, 3.8) is 0 Å². The summed E-state index contributed by atoms with van der Waals surface area (Å²) in [4.78, 5) is 74.5. The Kier molecular flexibility index (Phi) is 13.2. The lowest BCUT2D eigenvalue weighted by atomic mass is 10.1. The standard InChI is InChI=1S/C18H32N8O8/c1-8(19)14(30)24-9(3-2-6-23-18(21)22)15(31)25-10(4-5-12(20)27)16(32)26-11(17(33)34)7-13(28)29/h8-11H,2-7,19H2,1H3,(H2,20,27)(H,24,30)(H,25,31)(H,26,32)(H,28,29)(H,33,34)(H4,21,22,23). The van der Waals surface area contributed by atoms with Gasteiger partial charge >= 0.3 is 11.9 Å². The van der Waals surface area contributed by atoms with Gasteiger partial charge in [0.15, 0.2) is 5.96 Å². The average molecular weight is 489 g/mol. The van der Waals surface area contributed by atoms with E-state index in [1.807, 2.05) is 5.32 Å². The molecule has 0 aliphatic rings. The fourth-order valence-electron chi connectivity index (χ4n) is 2.55. The highest BCUT2D eigenvalue weighted by Crippen LogP contribution is 2.05. The predicted octanol–water partition coefficient (Wildman–Crippen LogP) is -4.33. The number of hydrogen-bond donors (Lipinski definition) is 9. The number of primary amides is 1. The zero-order valence-corrected chi connectivity index (χ0v) is 18.7. The molecule has 16 nitrogen and oxygen atoms in total. The van der Waals surface area contributed by atoms with E-state index in [2.05, 4.69) is 15.6 Å². The number of nitrogens with zero attached hydrogens (tertiary/aromatic N) is 1. The van der Waals surface area contributed by atoms with Gasteiger partial charge in [0.05, 0.1) is 12.5 Å². The lowest BCUT2D eigenvalue weighted by molar-refractivity contribution is -0.147. The summed E-state index contributed by atoms with van der Waals surface area (Å²) in [5.74, 6) is -6.62. The Balaban J connectivity index is 5.57. The van der Waals surface area contributed by atoms with E-state index in [-0.39, 0.29) is 38.2 Å². The first-order valence-electron chi connectivity index (χ1n) is 10.2. The molecule has 4 amide bonds. The van der Waals surface area contributed by atoms with E-state index in [0.29, 0.717) is 0 Å². The second kappa shape index (κ2) is 15.0. The number of rotatable bonds is 16. The molecule has 0 aromatic rings. The largest absolute Gasteiger partial charge is 0.481 e. The van der Waals surface area contributed by atoms with Crippen molar-refractivity contribution >= 4 is 41.5 Å². The fourth-order valence-corrected chi connectivity index (χ4v) is 2.55. The smallest absolute Gasteiger partial charge is 0.326 e. The number of nitrogens with two attached hydrogens (primary N) is 4. The van der Waals surface area contributed by atoms with Crippen molar-refractivity contribution in [2.75, 3.05) is 6.54 Å². The molecule has 34 heavy (non-hydrogen) atoms. The highest BCUT2D eigenvalue weighted by atomic mass is 16.4. The summed E-state index contributed by atoms with van der Waals surface area (Å²) in [6.07, 6.45) is -1.28. The Labute approximate surface area is 194 Å². The second-order valence-electron chi connectivity index (χ2n) is 7.36. The molecule has 0 aliphatic carbocycles. The molecular weight excluding hydrogens is 456 g/mol. The zero-order chi connectivity index (χ0) is 26.4. The van der Waals surface area contributed by atoms with E-state index in [0.717, 1.165) is 0 Å². The molecule has 4 atom stereocenters. The van der Waals surface area contributed by atoms with Gasteiger partial charge in [-0.15, -0.1) is 0 Å². The number of nitrogens with one attached hydrogen (secondary N) is 3. The lowest BCUT2D eigenvalue weighted by Gasteiger charge is -2.24. The summed E-state index contributed by atoms with van der Waals surface area (Å²) >= 11 is 0. The van der Waals surface area contributed by atoms with E-state index in [4.69, 9.17) is 33.1 Å². The molecule has 0 heterocycles. The third-order valence-electron chi connectivity index (χ3n) is 4.30. The van der Waals surface area contributed by atoms with Gasteiger partial charge in [0.25, 0.3) is 0 Å². The number of carbonyl (C=O) groups excluding carboxylic acids is 4. The summed E-state index contributed by atoms with van der Waals surface area (Å²) in [7, 11) is 0. The molecule has 192 valence electrons. The van der Waals surface area contributed by atoms with Crippen molar-refractivity contribution in [2.45, 2.75) is 63.2 Å². The highest BCUT2D eigenvalue weighted by Gasteiger charge is 2.30. The van der Waals surface area contributed by atoms with Gasteiger partial charge in [-0.25, -0.2) is 4.79 Å². The molecule has 0 saturated heterocycles. The Morgan fingerprint density at radius 1 is 0.824 bits per heavy atom. The molecule has 0 aromatic carbocycles. The molecule has 0 spiro atoms. The van der Waals surface area contributed by atoms with Crippen LogP contribution in [0.5, 0.6) is 0 Å². The summed E-state index contributed by atoms with van der Waals surface area (Å²) in [5.41, 5.74) is 21.1. The summed E-state index contributed by atoms with van der Waals surface area (Å²) in [6.45, 7) is 1.53. The lowest BCUT2D eigenvalue weighted by Crippen LogP contribution is -2.57. The molecule has 16 heteroatoms. The molecule has 4 unspecified atom stereocenters. The van der Waals surface area contributed by atoms with Gasteiger partial charge in [0.1, 0.15) is 18.1 Å². The number of carboxylic acids is 2. The molecular formula is C18H32N8O8. The predicted molar refractivity (Wildman–Crippen MR) is 118 cm³/mol. The molecule has 13 N–H and O–H groups in total. The molecule has 0 bridgehead atoms. The normalized spacial score (nSPS) is 13.9. The van der Waals surface area contributed by atoms with Crippen LogP contribution in [0, 0.1) is 0 Å². The number of guanidine groups is 1. The molecule has 0 radical (unpaired) electrons. The van der Waals surface area contributed by atoms with Crippen molar-refractivity contribution in [3.8, 4) is 0 Å². The zero-order valence-electron chi connectivity index (χ0n) is 18.7. The summed E-state index contributed by atoms with van der Waals surface area (Å²) < 4.78 is 0. The van der Waals surface area contributed by atoms with Crippen LogP contribution < -0.4 is 38.9 Å². The van der Waals surface area contributed by atoms with E-state index < -0.39 is 66.2 Å². The van der Waals surface area contributed by atoms with Crippen LogP contribution in [0.4, 0.5) is 0 Å². The van der Waals surface area contributed by atoms with Gasteiger partial charge in [-0.05, 0) is 26.2 Å². The van der Waals surface area contributed by atoms with Crippen LogP contribution in [0.25, 0.3) is 0 Å². The van der Waals surface area contributed by atoms with E-state index >= 15 is 0 Å². The van der Waals surface area contributed by atoms with Crippen LogP contribution in [-0.2, 0) is 28.8 Å². The highest BCUT2D eigenvalue weighted by molar-refractivity contribution is 5.94. The minimum Gasteiger partial charge on any atom is -0.481 e. The van der Waals surface area contributed by atoms with Crippen LogP contribution in [0.2, 0.25) is 0 Å². The number of carboxylic acid groups (broad SMARTS) is 2. The Morgan fingerprint density at radius 2 is 1.32 bits per heavy atom. The van der Waals surface area contributed by atoms with Gasteiger partial charge in [0, 0.05) is 13.0 Å². The van der Waals surface area contributed by atoms with Crippen LogP contribution in [0.3, 0.4) is 0 Å². The average Bonchev–Trinajstić information content (AvgIpc) is 2.71. The molecule has 0 fully saturated rings. The minimum absolute atomic E-state index is 0.0436. The van der Waals surface area contributed by atoms with E-state index in [1.165, 1.54) is 6.92 Å². The van der Waals surface area contributed by atoms with Gasteiger partial charge in [-0.3, -0.25) is 29.0 Å².